The molecule has 2 N–H and O–H groups in total. The van der Waals surface area contributed by atoms with E-state index in [1.54, 1.807) is 11.3 Å². The fourth-order valence-corrected chi connectivity index (χ4v) is 2.45. The van der Waals surface area contributed by atoms with E-state index in [9.17, 15) is 4.79 Å². The molecule has 0 spiro atoms. The predicted octanol–water partition coefficient (Wildman–Crippen LogP) is 4.14. The van der Waals surface area contributed by atoms with Crippen LogP contribution >= 0.6 is 27.3 Å². The van der Waals surface area contributed by atoms with Gasteiger partial charge in [0.1, 0.15) is 0 Å². The average molecular weight is 325 g/mol. The number of rotatable bonds is 3. The second-order valence-electron chi connectivity index (χ2n) is 3.85. The summed E-state index contributed by atoms with van der Waals surface area (Å²) in [6.07, 6.45) is 0. The Morgan fingerprint density at radius 3 is 2.89 bits per heavy atom. The van der Waals surface area contributed by atoms with Crippen molar-refractivity contribution in [1.29, 1.82) is 0 Å². The fraction of sp³-hybridized carbons (Fsp3) is 0.154. The quantitative estimate of drug-likeness (QED) is 0.875. The molecule has 0 atom stereocenters. The number of amides is 2. The summed E-state index contributed by atoms with van der Waals surface area (Å²) in [7, 11) is 0. The molecule has 1 heterocycles. The highest BCUT2D eigenvalue weighted by atomic mass is 79.9. The normalized spacial score (nSPS) is 10.1. The lowest BCUT2D eigenvalue weighted by Gasteiger charge is -2.08. The zero-order valence-electron chi connectivity index (χ0n) is 9.87. The minimum atomic E-state index is -0.195. The van der Waals surface area contributed by atoms with Gasteiger partial charge in [-0.15, -0.1) is 11.3 Å². The Kier molecular flexibility index (Phi) is 4.38. The van der Waals surface area contributed by atoms with Gasteiger partial charge in [0, 0.05) is 15.0 Å². The maximum absolute atomic E-state index is 11.7. The molecular formula is C13H13BrN2OS. The van der Waals surface area contributed by atoms with Gasteiger partial charge in [0.05, 0.1) is 6.54 Å². The highest BCUT2D eigenvalue weighted by molar-refractivity contribution is 9.10. The Bertz CT molecular complexity index is 540. The molecule has 18 heavy (non-hydrogen) atoms. The average Bonchev–Trinajstić information content (AvgIpc) is 2.84. The summed E-state index contributed by atoms with van der Waals surface area (Å²) < 4.78 is 0.985. The third-order valence-electron chi connectivity index (χ3n) is 2.43. The van der Waals surface area contributed by atoms with E-state index in [2.05, 4.69) is 26.6 Å². The van der Waals surface area contributed by atoms with E-state index in [0.29, 0.717) is 6.54 Å². The molecule has 0 radical (unpaired) electrons. The van der Waals surface area contributed by atoms with Gasteiger partial charge in [-0.3, -0.25) is 0 Å². The first-order valence-electron chi connectivity index (χ1n) is 5.48. The molecular weight excluding hydrogens is 312 g/mol. The van der Waals surface area contributed by atoms with Gasteiger partial charge in [0.15, 0.2) is 0 Å². The molecule has 0 bridgehead atoms. The summed E-state index contributed by atoms with van der Waals surface area (Å²) in [5.41, 5.74) is 1.91. The second kappa shape index (κ2) is 6.02. The topological polar surface area (TPSA) is 41.1 Å². The van der Waals surface area contributed by atoms with Gasteiger partial charge in [-0.2, -0.15) is 0 Å². The molecule has 0 aliphatic heterocycles. The van der Waals surface area contributed by atoms with Gasteiger partial charge in [-0.05, 0) is 36.1 Å². The highest BCUT2D eigenvalue weighted by Crippen LogP contribution is 2.20. The molecule has 94 valence electrons. The number of hydrogen-bond acceptors (Lipinski definition) is 2. The maximum Gasteiger partial charge on any atom is 0.319 e. The number of nitrogens with one attached hydrogen (secondary N) is 2. The number of thiophene rings is 1. The standard InChI is InChI=1S/C13H13BrN2OS/c1-9-4-5-10(7-12(9)14)16-13(17)15-8-11-3-2-6-18-11/h2-7H,8H2,1H3,(H2,15,16,17). The van der Waals surface area contributed by atoms with Gasteiger partial charge in [0.2, 0.25) is 0 Å². The van der Waals surface area contributed by atoms with Crippen LogP contribution in [0, 0.1) is 6.92 Å². The molecule has 0 fully saturated rings. The minimum absolute atomic E-state index is 0.195. The molecule has 0 saturated carbocycles. The van der Waals surface area contributed by atoms with Gasteiger partial charge < -0.3 is 10.6 Å². The molecule has 1 aromatic carbocycles. The van der Waals surface area contributed by atoms with E-state index in [4.69, 9.17) is 0 Å². The largest absolute Gasteiger partial charge is 0.333 e. The van der Waals surface area contributed by atoms with E-state index in [1.165, 1.54) is 0 Å². The smallest absolute Gasteiger partial charge is 0.319 e. The van der Waals surface area contributed by atoms with E-state index < -0.39 is 0 Å². The first-order valence-corrected chi connectivity index (χ1v) is 7.16. The number of hydrogen-bond donors (Lipinski definition) is 2. The van der Waals surface area contributed by atoms with E-state index in [0.717, 1.165) is 20.6 Å². The maximum atomic E-state index is 11.7. The monoisotopic (exact) mass is 324 g/mol. The molecule has 0 unspecified atom stereocenters. The summed E-state index contributed by atoms with van der Waals surface area (Å²) in [4.78, 5) is 12.8. The molecule has 0 aliphatic rings. The summed E-state index contributed by atoms with van der Waals surface area (Å²) in [6.45, 7) is 2.56. The van der Waals surface area contributed by atoms with Crippen molar-refractivity contribution in [3.8, 4) is 0 Å². The van der Waals surface area contributed by atoms with E-state index >= 15 is 0 Å². The number of urea groups is 1. The summed E-state index contributed by atoms with van der Waals surface area (Å²) in [6, 6.07) is 9.49. The lowest BCUT2D eigenvalue weighted by Crippen LogP contribution is -2.27. The number of halogens is 1. The number of carbonyl (C=O) groups is 1. The number of anilines is 1. The predicted molar refractivity (Wildman–Crippen MR) is 79.1 cm³/mol. The molecule has 2 rings (SSSR count). The molecule has 5 heteroatoms. The lowest BCUT2D eigenvalue weighted by molar-refractivity contribution is 0.252. The minimum Gasteiger partial charge on any atom is -0.333 e. The Balaban J connectivity index is 1.88. The zero-order chi connectivity index (χ0) is 13.0. The summed E-state index contributed by atoms with van der Waals surface area (Å²) >= 11 is 5.06. The first-order chi connectivity index (χ1) is 8.65. The van der Waals surface area contributed by atoms with Crippen molar-refractivity contribution < 1.29 is 4.79 Å². The lowest BCUT2D eigenvalue weighted by atomic mass is 10.2. The van der Waals surface area contributed by atoms with E-state index in [1.807, 2.05) is 42.6 Å². The van der Waals surface area contributed by atoms with Crippen LogP contribution < -0.4 is 10.6 Å². The van der Waals surface area contributed by atoms with Crippen LogP contribution in [0.15, 0.2) is 40.2 Å². The van der Waals surface area contributed by atoms with Crippen LogP contribution in [0.2, 0.25) is 0 Å². The van der Waals surface area contributed by atoms with Crippen molar-refractivity contribution in [3.63, 3.8) is 0 Å². The van der Waals surface area contributed by atoms with Gasteiger partial charge in [-0.1, -0.05) is 28.1 Å². The van der Waals surface area contributed by atoms with Crippen molar-refractivity contribution in [3.05, 3.63) is 50.6 Å². The molecule has 2 amide bonds. The van der Waals surface area contributed by atoms with Gasteiger partial charge >= 0.3 is 6.03 Å². The molecule has 1 aromatic heterocycles. The fourth-order valence-electron chi connectivity index (χ4n) is 1.43. The summed E-state index contributed by atoms with van der Waals surface area (Å²) in [5, 5.41) is 7.60. The molecule has 2 aromatic rings. The number of carbonyl (C=O) groups excluding carboxylic acids is 1. The van der Waals surface area contributed by atoms with Crippen LogP contribution in [0.1, 0.15) is 10.4 Å². The van der Waals surface area contributed by atoms with Crippen LogP contribution in [0.25, 0.3) is 0 Å². The summed E-state index contributed by atoms with van der Waals surface area (Å²) in [5.74, 6) is 0. The van der Waals surface area contributed by atoms with Crippen LogP contribution in [0.3, 0.4) is 0 Å². The Morgan fingerprint density at radius 2 is 2.22 bits per heavy atom. The van der Waals surface area contributed by atoms with Gasteiger partial charge in [0.25, 0.3) is 0 Å². The molecule has 3 nitrogen and oxygen atoms in total. The molecule has 0 saturated heterocycles. The third kappa shape index (κ3) is 3.58. The Labute approximate surface area is 118 Å². The van der Waals surface area contributed by atoms with Crippen molar-refractivity contribution in [1.82, 2.24) is 5.32 Å². The Hall–Kier alpha value is -1.33. The zero-order valence-corrected chi connectivity index (χ0v) is 12.3. The van der Waals surface area contributed by atoms with Crippen molar-refractivity contribution >= 4 is 39.0 Å². The second-order valence-corrected chi connectivity index (χ2v) is 5.74. The van der Waals surface area contributed by atoms with E-state index in [-0.39, 0.29) is 6.03 Å². The SMILES string of the molecule is Cc1ccc(NC(=O)NCc2cccs2)cc1Br. The van der Waals surface area contributed by atoms with Crippen LogP contribution in [-0.4, -0.2) is 6.03 Å². The van der Waals surface area contributed by atoms with Crippen molar-refractivity contribution in [2.45, 2.75) is 13.5 Å². The third-order valence-corrected chi connectivity index (χ3v) is 4.16. The van der Waals surface area contributed by atoms with Crippen LogP contribution in [0.4, 0.5) is 10.5 Å². The van der Waals surface area contributed by atoms with Crippen LogP contribution in [-0.2, 0) is 6.54 Å². The van der Waals surface area contributed by atoms with Crippen LogP contribution in [0.5, 0.6) is 0 Å². The molecule has 0 aliphatic carbocycles. The Morgan fingerprint density at radius 1 is 1.39 bits per heavy atom. The van der Waals surface area contributed by atoms with Crippen molar-refractivity contribution in [2.24, 2.45) is 0 Å². The van der Waals surface area contributed by atoms with Gasteiger partial charge in [-0.25, -0.2) is 4.79 Å². The highest BCUT2D eigenvalue weighted by Gasteiger charge is 2.03. The van der Waals surface area contributed by atoms with Crippen molar-refractivity contribution in [2.75, 3.05) is 5.32 Å². The number of aryl methyl sites for hydroxylation is 1. The number of benzene rings is 1. The first kappa shape index (κ1) is 13.1.